The minimum atomic E-state index is -0.501. The fourth-order valence-electron chi connectivity index (χ4n) is 2.46. The van der Waals surface area contributed by atoms with E-state index in [1.807, 2.05) is 43.3 Å². The second kappa shape index (κ2) is 7.97. The Morgan fingerprint density at radius 2 is 1.64 bits per heavy atom. The summed E-state index contributed by atoms with van der Waals surface area (Å²) in [6, 6.07) is 14.9. The standard InChI is InChI=1S/C21H25NO3/c1-5-15-8-6-7-9-18(15)22-19(23)14-25-20(24)16-10-12-17(13-11-16)21(2,3)4/h6-13H,5,14H2,1-4H3,(H,22,23). The largest absolute Gasteiger partial charge is 0.452 e. The van der Waals surface area contributed by atoms with Gasteiger partial charge in [0.15, 0.2) is 6.61 Å². The van der Waals surface area contributed by atoms with Crippen LogP contribution in [0.25, 0.3) is 0 Å². The smallest absolute Gasteiger partial charge is 0.338 e. The Hall–Kier alpha value is -2.62. The van der Waals surface area contributed by atoms with Crippen molar-refractivity contribution in [2.75, 3.05) is 11.9 Å². The third kappa shape index (κ3) is 5.18. The molecule has 2 aromatic carbocycles. The van der Waals surface area contributed by atoms with Crippen molar-refractivity contribution < 1.29 is 14.3 Å². The molecule has 4 nitrogen and oxygen atoms in total. The minimum absolute atomic E-state index is 0.0228. The zero-order valence-corrected chi connectivity index (χ0v) is 15.3. The molecule has 0 atom stereocenters. The van der Waals surface area contributed by atoms with E-state index in [1.165, 1.54) is 0 Å². The number of esters is 1. The monoisotopic (exact) mass is 339 g/mol. The molecule has 0 spiro atoms. The number of anilines is 1. The lowest BCUT2D eigenvalue weighted by molar-refractivity contribution is -0.119. The number of rotatable bonds is 5. The van der Waals surface area contributed by atoms with Crippen LogP contribution < -0.4 is 5.32 Å². The number of amides is 1. The molecule has 4 heteroatoms. The predicted octanol–water partition coefficient (Wildman–Crippen LogP) is 4.34. The first-order valence-electron chi connectivity index (χ1n) is 8.46. The quantitative estimate of drug-likeness (QED) is 0.824. The van der Waals surface area contributed by atoms with Gasteiger partial charge in [-0.2, -0.15) is 0 Å². The van der Waals surface area contributed by atoms with E-state index in [0.29, 0.717) is 5.56 Å². The molecular weight excluding hydrogens is 314 g/mol. The third-order valence-corrected chi connectivity index (χ3v) is 3.99. The molecule has 0 aliphatic heterocycles. The number of ether oxygens (including phenoxy) is 1. The van der Waals surface area contributed by atoms with Crippen LogP contribution in [0.1, 0.15) is 49.2 Å². The van der Waals surface area contributed by atoms with Crippen molar-refractivity contribution in [2.45, 2.75) is 39.5 Å². The van der Waals surface area contributed by atoms with Gasteiger partial charge in [0.2, 0.25) is 0 Å². The number of hydrogen-bond acceptors (Lipinski definition) is 3. The zero-order valence-electron chi connectivity index (χ0n) is 15.3. The number of hydrogen-bond donors (Lipinski definition) is 1. The summed E-state index contributed by atoms with van der Waals surface area (Å²) >= 11 is 0. The molecule has 0 saturated heterocycles. The van der Waals surface area contributed by atoms with Gasteiger partial charge in [0.1, 0.15) is 0 Å². The van der Waals surface area contributed by atoms with Crippen LogP contribution in [0.2, 0.25) is 0 Å². The van der Waals surface area contributed by atoms with Crippen molar-refractivity contribution in [1.82, 2.24) is 0 Å². The van der Waals surface area contributed by atoms with Gasteiger partial charge in [-0.3, -0.25) is 4.79 Å². The van der Waals surface area contributed by atoms with Crippen LogP contribution in [0.4, 0.5) is 5.69 Å². The lowest BCUT2D eigenvalue weighted by atomic mass is 9.87. The van der Waals surface area contributed by atoms with Crippen LogP contribution in [0, 0.1) is 0 Å². The van der Waals surface area contributed by atoms with Crippen molar-refractivity contribution in [3.8, 4) is 0 Å². The van der Waals surface area contributed by atoms with Gasteiger partial charge < -0.3 is 10.1 Å². The normalized spacial score (nSPS) is 11.0. The van der Waals surface area contributed by atoms with Gasteiger partial charge in [-0.15, -0.1) is 0 Å². The second-order valence-electron chi connectivity index (χ2n) is 6.96. The minimum Gasteiger partial charge on any atom is -0.452 e. The molecule has 0 radical (unpaired) electrons. The number of benzene rings is 2. The first kappa shape index (κ1) is 18.7. The second-order valence-corrected chi connectivity index (χ2v) is 6.96. The summed E-state index contributed by atoms with van der Waals surface area (Å²) in [4.78, 5) is 24.1. The molecule has 25 heavy (non-hydrogen) atoms. The molecule has 0 aliphatic rings. The molecule has 0 saturated carbocycles. The van der Waals surface area contributed by atoms with E-state index in [2.05, 4.69) is 26.1 Å². The molecule has 0 fully saturated rings. The SMILES string of the molecule is CCc1ccccc1NC(=O)COC(=O)c1ccc(C(C)(C)C)cc1. The highest BCUT2D eigenvalue weighted by molar-refractivity contribution is 5.95. The summed E-state index contributed by atoms with van der Waals surface area (Å²) in [7, 11) is 0. The number of carbonyl (C=O) groups excluding carboxylic acids is 2. The lowest BCUT2D eigenvalue weighted by Crippen LogP contribution is -2.21. The van der Waals surface area contributed by atoms with Gasteiger partial charge in [-0.05, 0) is 41.2 Å². The molecule has 1 N–H and O–H groups in total. The van der Waals surface area contributed by atoms with Crippen molar-refractivity contribution in [2.24, 2.45) is 0 Å². The van der Waals surface area contributed by atoms with Crippen LogP contribution in [0.15, 0.2) is 48.5 Å². The molecular formula is C21H25NO3. The molecule has 132 valence electrons. The molecule has 0 aromatic heterocycles. The summed E-state index contributed by atoms with van der Waals surface area (Å²) in [6.45, 7) is 8.04. The molecule has 0 aliphatic carbocycles. The Labute approximate surface area is 149 Å². The van der Waals surface area contributed by atoms with E-state index in [4.69, 9.17) is 4.74 Å². The topological polar surface area (TPSA) is 55.4 Å². The molecule has 0 heterocycles. The Balaban J connectivity index is 1.92. The van der Waals surface area contributed by atoms with E-state index < -0.39 is 5.97 Å². The van der Waals surface area contributed by atoms with Crippen molar-refractivity contribution in [1.29, 1.82) is 0 Å². The third-order valence-electron chi connectivity index (χ3n) is 3.99. The maximum absolute atomic E-state index is 12.1. The van der Waals surface area contributed by atoms with Gasteiger partial charge in [-0.1, -0.05) is 58.0 Å². The maximum atomic E-state index is 12.1. The van der Waals surface area contributed by atoms with Crippen LogP contribution >= 0.6 is 0 Å². The zero-order chi connectivity index (χ0) is 18.4. The number of aryl methyl sites for hydroxylation is 1. The van der Waals surface area contributed by atoms with E-state index in [9.17, 15) is 9.59 Å². The Morgan fingerprint density at radius 1 is 1.00 bits per heavy atom. The fourth-order valence-corrected chi connectivity index (χ4v) is 2.46. The highest BCUT2D eigenvalue weighted by Crippen LogP contribution is 2.22. The van der Waals surface area contributed by atoms with Gasteiger partial charge in [0, 0.05) is 5.69 Å². The van der Waals surface area contributed by atoms with Gasteiger partial charge in [-0.25, -0.2) is 4.79 Å². The average Bonchev–Trinajstić information content (AvgIpc) is 2.59. The van der Waals surface area contributed by atoms with E-state index in [1.54, 1.807) is 12.1 Å². The number of nitrogens with one attached hydrogen (secondary N) is 1. The van der Waals surface area contributed by atoms with Crippen LogP contribution in [-0.4, -0.2) is 18.5 Å². The number of para-hydroxylation sites is 1. The van der Waals surface area contributed by atoms with Crippen LogP contribution in [0.3, 0.4) is 0 Å². The van der Waals surface area contributed by atoms with Gasteiger partial charge in [0.25, 0.3) is 5.91 Å². The highest BCUT2D eigenvalue weighted by Gasteiger charge is 2.15. The average molecular weight is 339 g/mol. The molecule has 0 bridgehead atoms. The van der Waals surface area contributed by atoms with Gasteiger partial charge in [0.05, 0.1) is 5.56 Å². The lowest BCUT2D eigenvalue weighted by Gasteiger charge is -2.18. The summed E-state index contributed by atoms with van der Waals surface area (Å²) in [5.74, 6) is -0.847. The van der Waals surface area contributed by atoms with Crippen LogP contribution in [0.5, 0.6) is 0 Å². The van der Waals surface area contributed by atoms with Crippen molar-refractivity contribution >= 4 is 17.6 Å². The first-order valence-corrected chi connectivity index (χ1v) is 8.46. The summed E-state index contributed by atoms with van der Waals surface area (Å²) < 4.78 is 5.11. The molecule has 2 rings (SSSR count). The molecule has 1 amide bonds. The van der Waals surface area contributed by atoms with Gasteiger partial charge >= 0.3 is 5.97 Å². The molecule has 2 aromatic rings. The predicted molar refractivity (Wildman–Crippen MR) is 99.9 cm³/mol. The summed E-state index contributed by atoms with van der Waals surface area (Å²) in [6.07, 6.45) is 0.816. The number of carbonyl (C=O) groups is 2. The first-order chi connectivity index (χ1) is 11.8. The molecule has 0 unspecified atom stereocenters. The maximum Gasteiger partial charge on any atom is 0.338 e. The highest BCUT2D eigenvalue weighted by atomic mass is 16.5. The Bertz CT molecular complexity index is 742. The van der Waals surface area contributed by atoms with E-state index in [-0.39, 0.29) is 17.9 Å². The summed E-state index contributed by atoms with van der Waals surface area (Å²) in [5, 5.41) is 2.78. The van der Waals surface area contributed by atoms with Crippen molar-refractivity contribution in [3.63, 3.8) is 0 Å². The Kier molecular flexibility index (Phi) is 5.97. The Morgan fingerprint density at radius 3 is 2.24 bits per heavy atom. The van der Waals surface area contributed by atoms with E-state index in [0.717, 1.165) is 23.2 Å². The summed E-state index contributed by atoms with van der Waals surface area (Å²) in [5.41, 5.74) is 3.39. The van der Waals surface area contributed by atoms with Crippen LogP contribution in [-0.2, 0) is 21.4 Å². The fraction of sp³-hybridized carbons (Fsp3) is 0.333. The van der Waals surface area contributed by atoms with Crippen molar-refractivity contribution in [3.05, 3.63) is 65.2 Å². The van der Waals surface area contributed by atoms with E-state index >= 15 is 0 Å².